The first kappa shape index (κ1) is 26.7. The number of rotatable bonds is 11. The number of nitrogens with two attached hydrogens (primary N) is 1. The number of aromatic nitrogens is 1. The second kappa shape index (κ2) is 11.5. The topological polar surface area (TPSA) is 129 Å². The molecule has 202 valence electrons. The van der Waals surface area contributed by atoms with Crippen molar-refractivity contribution >= 4 is 31.8 Å². The van der Waals surface area contributed by atoms with Gasteiger partial charge in [-0.25, -0.2) is 13.6 Å². The van der Waals surface area contributed by atoms with Crippen molar-refractivity contribution in [1.82, 2.24) is 9.88 Å². The second-order valence-electron chi connectivity index (χ2n) is 9.63. The highest BCUT2D eigenvalue weighted by atomic mass is 32.2. The lowest BCUT2D eigenvalue weighted by molar-refractivity contribution is 0.0968. The number of primary sulfonamides is 1. The van der Waals surface area contributed by atoms with Gasteiger partial charge in [0.25, 0.3) is 0 Å². The van der Waals surface area contributed by atoms with Crippen LogP contribution in [-0.2, 0) is 22.3 Å². The molecule has 1 heterocycles. The summed E-state index contributed by atoms with van der Waals surface area (Å²) in [5.41, 5.74) is 3.54. The number of nitrogens with zero attached hydrogens (tertiary/aromatic N) is 1. The minimum absolute atomic E-state index is 0.152. The van der Waals surface area contributed by atoms with Gasteiger partial charge in [0.1, 0.15) is 18.1 Å². The zero-order valence-electron chi connectivity index (χ0n) is 21.3. The van der Waals surface area contributed by atoms with E-state index in [1.807, 2.05) is 71.6 Å². The number of aromatic amines is 1. The van der Waals surface area contributed by atoms with Gasteiger partial charge in [-0.3, -0.25) is 4.90 Å². The summed E-state index contributed by atoms with van der Waals surface area (Å²) < 4.78 is 29.2. The van der Waals surface area contributed by atoms with Gasteiger partial charge in [0, 0.05) is 53.1 Å². The maximum Gasteiger partial charge on any atom is 0.213 e. The average Bonchev–Trinajstić information content (AvgIpc) is 3.27. The van der Waals surface area contributed by atoms with E-state index in [-0.39, 0.29) is 23.4 Å². The highest BCUT2D eigenvalue weighted by Crippen LogP contribution is 2.30. The molecule has 1 unspecified atom stereocenters. The standard InChI is InChI=1S/C30H31N3O5S/c31-39(36,37)20-22-9-6-11-26(30(22)35)29(34)19-33(18-21-7-2-1-3-8-21)15-16-38-23-13-14-25-24-10-4-5-12-27(24)32-28(25)17-23/h1-14,17,29,32,34-35H,15-16,18-20H2,(H2,31,36,37). The third-order valence-electron chi connectivity index (χ3n) is 6.70. The molecule has 0 radical (unpaired) electrons. The van der Waals surface area contributed by atoms with Gasteiger partial charge in [0.2, 0.25) is 10.0 Å². The van der Waals surface area contributed by atoms with E-state index in [0.717, 1.165) is 27.7 Å². The van der Waals surface area contributed by atoms with Crippen LogP contribution >= 0.6 is 0 Å². The van der Waals surface area contributed by atoms with E-state index in [2.05, 4.69) is 11.1 Å². The smallest absolute Gasteiger partial charge is 0.213 e. The van der Waals surface area contributed by atoms with Crippen LogP contribution in [0.4, 0.5) is 0 Å². The molecule has 0 aliphatic heterocycles. The Labute approximate surface area is 227 Å². The first-order chi connectivity index (χ1) is 18.8. The van der Waals surface area contributed by atoms with Crippen molar-refractivity contribution < 1.29 is 23.4 Å². The van der Waals surface area contributed by atoms with Crippen LogP contribution in [0.2, 0.25) is 0 Å². The van der Waals surface area contributed by atoms with Crippen LogP contribution in [0.25, 0.3) is 21.8 Å². The summed E-state index contributed by atoms with van der Waals surface area (Å²) in [5, 5.41) is 29.2. The first-order valence-corrected chi connectivity index (χ1v) is 14.4. The number of H-pyrrole nitrogens is 1. The quantitative estimate of drug-likeness (QED) is 0.194. The number of benzene rings is 4. The van der Waals surface area contributed by atoms with Gasteiger partial charge in [-0.05, 0) is 23.8 Å². The van der Waals surface area contributed by atoms with Gasteiger partial charge in [0.15, 0.2) is 0 Å². The fourth-order valence-corrected chi connectivity index (χ4v) is 5.52. The van der Waals surface area contributed by atoms with Crippen molar-refractivity contribution in [2.24, 2.45) is 5.14 Å². The molecule has 9 heteroatoms. The normalized spacial score (nSPS) is 12.8. The molecule has 5 rings (SSSR count). The summed E-state index contributed by atoms with van der Waals surface area (Å²) >= 11 is 0. The number of aliphatic hydroxyl groups is 1. The number of hydrogen-bond acceptors (Lipinski definition) is 6. The molecule has 0 spiro atoms. The Morgan fingerprint density at radius 1 is 0.897 bits per heavy atom. The summed E-state index contributed by atoms with van der Waals surface area (Å²) in [6, 6.07) is 28.7. The molecule has 0 aliphatic rings. The summed E-state index contributed by atoms with van der Waals surface area (Å²) in [7, 11) is -3.84. The Balaban J connectivity index is 1.30. The lowest BCUT2D eigenvalue weighted by atomic mass is 10.0. The number of hydrogen-bond donors (Lipinski definition) is 4. The first-order valence-electron chi connectivity index (χ1n) is 12.7. The van der Waals surface area contributed by atoms with E-state index in [0.29, 0.717) is 19.7 Å². The highest BCUT2D eigenvalue weighted by molar-refractivity contribution is 7.88. The van der Waals surface area contributed by atoms with Gasteiger partial charge in [-0.15, -0.1) is 0 Å². The maximum atomic E-state index is 11.5. The molecule has 8 nitrogen and oxygen atoms in total. The molecular formula is C30H31N3O5S. The third kappa shape index (κ3) is 6.58. The molecule has 0 amide bonds. The van der Waals surface area contributed by atoms with E-state index < -0.39 is 21.9 Å². The molecule has 5 N–H and O–H groups in total. The number of phenols is 1. The molecule has 0 bridgehead atoms. The largest absolute Gasteiger partial charge is 0.507 e. The molecule has 0 aliphatic carbocycles. The van der Waals surface area contributed by atoms with Crippen LogP contribution in [0.3, 0.4) is 0 Å². The van der Waals surface area contributed by atoms with E-state index in [9.17, 15) is 18.6 Å². The molecule has 4 aromatic carbocycles. The SMILES string of the molecule is NS(=O)(=O)Cc1cccc(C(O)CN(CCOc2ccc3c(c2)[nH]c2ccccc23)Cc2ccccc2)c1O. The highest BCUT2D eigenvalue weighted by Gasteiger charge is 2.20. The van der Waals surface area contributed by atoms with Crippen molar-refractivity contribution in [1.29, 1.82) is 0 Å². The van der Waals surface area contributed by atoms with E-state index in [1.54, 1.807) is 12.1 Å². The molecular weight excluding hydrogens is 514 g/mol. The van der Waals surface area contributed by atoms with E-state index in [4.69, 9.17) is 9.88 Å². The van der Waals surface area contributed by atoms with Crippen LogP contribution in [0, 0.1) is 0 Å². The summed E-state index contributed by atoms with van der Waals surface area (Å²) in [4.78, 5) is 5.46. The monoisotopic (exact) mass is 545 g/mol. The van der Waals surface area contributed by atoms with Crippen LogP contribution < -0.4 is 9.88 Å². The number of phenolic OH excluding ortho intramolecular Hbond substituents is 1. The summed E-state index contributed by atoms with van der Waals surface area (Å²) in [5.74, 6) is -0.0361. The lowest BCUT2D eigenvalue weighted by Crippen LogP contribution is -2.32. The van der Waals surface area contributed by atoms with E-state index >= 15 is 0 Å². The number of ether oxygens (including phenoxy) is 1. The van der Waals surface area contributed by atoms with Crippen molar-refractivity contribution in [2.75, 3.05) is 19.7 Å². The number of nitrogens with one attached hydrogen (secondary N) is 1. The van der Waals surface area contributed by atoms with Gasteiger partial charge >= 0.3 is 0 Å². The van der Waals surface area contributed by atoms with Gasteiger partial charge in [0.05, 0.1) is 17.4 Å². The number of para-hydroxylation sites is 2. The zero-order valence-corrected chi connectivity index (χ0v) is 22.1. The molecule has 39 heavy (non-hydrogen) atoms. The van der Waals surface area contributed by atoms with Crippen LogP contribution in [0.5, 0.6) is 11.5 Å². The van der Waals surface area contributed by atoms with E-state index in [1.165, 1.54) is 11.5 Å². The molecule has 1 atom stereocenters. The summed E-state index contributed by atoms with van der Waals surface area (Å²) in [6.07, 6.45) is -1.06. The predicted molar refractivity (Wildman–Crippen MR) is 153 cm³/mol. The molecule has 0 saturated heterocycles. The summed E-state index contributed by atoms with van der Waals surface area (Å²) in [6.45, 7) is 1.64. The fourth-order valence-electron chi connectivity index (χ4n) is 4.85. The van der Waals surface area contributed by atoms with Crippen molar-refractivity contribution in [2.45, 2.75) is 18.4 Å². The van der Waals surface area contributed by atoms with Crippen LogP contribution in [-0.4, -0.2) is 48.2 Å². The minimum atomic E-state index is -3.84. The molecule has 1 aromatic heterocycles. The Morgan fingerprint density at radius 3 is 2.44 bits per heavy atom. The Morgan fingerprint density at radius 2 is 1.64 bits per heavy atom. The van der Waals surface area contributed by atoms with Crippen molar-refractivity contribution in [3.05, 3.63) is 108 Å². The van der Waals surface area contributed by atoms with Crippen molar-refractivity contribution in [3.8, 4) is 11.5 Å². The predicted octanol–water partition coefficient (Wildman–Crippen LogP) is 4.43. The van der Waals surface area contributed by atoms with Crippen LogP contribution in [0.1, 0.15) is 22.8 Å². The van der Waals surface area contributed by atoms with Gasteiger partial charge in [-0.2, -0.15) is 0 Å². The Hall–Kier alpha value is -3.89. The molecule has 0 saturated carbocycles. The lowest BCUT2D eigenvalue weighted by Gasteiger charge is -2.26. The minimum Gasteiger partial charge on any atom is -0.507 e. The van der Waals surface area contributed by atoms with Gasteiger partial charge in [-0.1, -0.05) is 66.7 Å². The average molecular weight is 546 g/mol. The van der Waals surface area contributed by atoms with Crippen LogP contribution in [0.15, 0.2) is 91.0 Å². The maximum absolute atomic E-state index is 11.5. The third-order valence-corrected chi connectivity index (χ3v) is 7.41. The Kier molecular flexibility index (Phi) is 7.85. The fraction of sp³-hybridized carbons (Fsp3) is 0.200. The number of aliphatic hydroxyl groups excluding tert-OH is 1. The molecule has 0 fully saturated rings. The van der Waals surface area contributed by atoms with Gasteiger partial charge < -0.3 is 19.9 Å². The Bertz CT molecular complexity index is 1690. The number of aromatic hydroxyl groups is 1. The number of fused-ring (bicyclic) bond motifs is 3. The number of sulfonamides is 1. The zero-order chi connectivity index (χ0) is 27.4. The molecule has 5 aromatic rings. The van der Waals surface area contributed by atoms with Crippen molar-refractivity contribution in [3.63, 3.8) is 0 Å². The second-order valence-corrected chi connectivity index (χ2v) is 11.2.